The molecule has 27 heavy (non-hydrogen) atoms. The fraction of sp³-hybridized carbons (Fsp3) is 0.211. The zero-order chi connectivity index (χ0) is 19.0. The molecule has 8 heteroatoms. The van der Waals surface area contributed by atoms with Crippen molar-refractivity contribution in [2.24, 2.45) is 5.92 Å². The zero-order valence-corrected chi connectivity index (χ0v) is 14.5. The van der Waals surface area contributed by atoms with Gasteiger partial charge in [-0.15, -0.1) is 0 Å². The van der Waals surface area contributed by atoms with E-state index in [-0.39, 0.29) is 36.0 Å². The predicted molar refractivity (Wildman–Crippen MR) is 98.1 cm³/mol. The number of H-pyrrole nitrogens is 1. The number of anilines is 2. The smallest absolute Gasteiger partial charge is 0.229 e. The van der Waals surface area contributed by atoms with E-state index in [2.05, 4.69) is 15.5 Å². The molecule has 1 saturated heterocycles. The molecule has 1 aliphatic rings. The summed E-state index contributed by atoms with van der Waals surface area (Å²) in [6, 6.07) is 11.6. The number of carbonyl (C=O) groups is 2. The molecule has 1 aromatic heterocycles. The van der Waals surface area contributed by atoms with E-state index in [0.29, 0.717) is 17.0 Å². The van der Waals surface area contributed by atoms with Crippen LogP contribution in [-0.2, 0) is 9.59 Å². The van der Waals surface area contributed by atoms with Crippen LogP contribution in [0.2, 0.25) is 0 Å². The number of hydrogen-bond donors (Lipinski definition) is 2. The third-order valence-electron chi connectivity index (χ3n) is 4.64. The van der Waals surface area contributed by atoms with Gasteiger partial charge in [0.25, 0.3) is 0 Å². The van der Waals surface area contributed by atoms with Gasteiger partial charge in [-0.25, -0.2) is 4.39 Å². The first-order chi connectivity index (χ1) is 13.1. The van der Waals surface area contributed by atoms with Crippen molar-refractivity contribution in [3.05, 3.63) is 48.3 Å². The average molecular weight is 368 g/mol. The van der Waals surface area contributed by atoms with Crippen LogP contribution in [0.4, 0.5) is 15.9 Å². The number of methoxy groups -OCH3 is 1. The van der Waals surface area contributed by atoms with E-state index in [1.807, 2.05) is 0 Å². The number of ether oxygens (including phenoxy) is 1. The number of aromatic amines is 1. The van der Waals surface area contributed by atoms with E-state index >= 15 is 0 Å². The molecule has 3 aromatic rings. The summed E-state index contributed by atoms with van der Waals surface area (Å²) in [6.07, 6.45) is 0.0315. The standard InChI is InChI=1S/C19H17FN4O3/c1-27-15-8-3-2-6-13(15)21-19(26)11-9-16(25)24(10-11)18-17-12(20)5-4-7-14(17)22-23-18/h2-8,11H,9-10H2,1H3,(H,21,26)(H,22,23)/t11-/m0/s1. The van der Waals surface area contributed by atoms with Gasteiger partial charge in [-0.2, -0.15) is 5.10 Å². The van der Waals surface area contributed by atoms with E-state index in [1.165, 1.54) is 18.1 Å². The minimum Gasteiger partial charge on any atom is -0.495 e. The summed E-state index contributed by atoms with van der Waals surface area (Å²) in [4.78, 5) is 26.4. The van der Waals surface area contributed by atoms with Crippen molar-refractivity contribution in [2.75, 3.05) is 23.9 Å². The average Bonchev–Trinajstić information content (AvgIpc) is 3.26. The zero-order valence-electron chi connectivity index (χ0n) is 14.5. The highest BCUT2D eigenvalue weighted by molar-refractivity contribution is 6.07. The van der Waals surface area contributed by atoms with Crippen LogP contribution in [-0.4, -0.2) is 35.7 Å². The molecule has 1 atom stereocenters. The number of fused-ring (bicyclic) bond motifs is 1. The van der Waals surface area contributed by atoms with Gasteiger partial charge in [0.2, 0.25) is 11.8 Å². The van der Waals surface area contributed by atoms with Crippen LogP contribution in [0.1, 0.15) is 6.42 Å². The van der Waals surface area contributed by atoms with E-state index in [0.717, 1.165) is 0 Å². The molecule has 2 N–H and O–H groups in total. The number of nitrogens with zero attached hydrogens (tertiary/aromatic N) is 2. The molecule has 1 aliphatic heterocycles. The molecule has 7 nitrogen and oxygen atoms in total. The molecular formula is C19H17FN4O3. The van der Waals surface area contributed by atoms with E-state index in [1.54, 1.807) is 36.4 Å². The molecule has 2 heterocycles. The Labute approximate surface area is 154 Å². The van der Waals surface area contributed by atoms with Crippen molar-refractivity contribution in [1.82, 2.24) is 10.2 Å². The minimum absolute atomic E-state index is 0.0315. The Kier molecular flexibility index (Phi) is 4.23. The van der Waals surface area contributed by atoms with Crippen LogP contribution in [0.3, 0.4) is 0 Å². The maximum absolute atomic E-state index is 14.2. The number of hydrogen-bond acceptors (Lipinski definition) is 4. The van der Waals surface area contributed by atoms with Gasteiger partial charge in [0.15, 0.2) is 5.82 Å². The maximum atomic E-state index is 14.2. The Balaban J connectivity index is 1.56. The lowest BCUT2D eigenvalue weighted by atomic mass is 10.1. The molecule has 1 fully saturated rings. The van der Waals surface area contributed by atoms with Crippen LogP contribution in [0.15, 0.2) is 42.5 Å². The van der Waals surface area contributed by atoms with Crippen molar-refractivity contribution in [1.29, 1.82) is 0 Å². The number of aromatic nitrogens is 2. The largest absolute Gasteiger partial charge is 0.495 e. The van der Waals surface area contributed by atoms with Crippen molar-refractivity contribution < 1.29 is 18.7 Å². The second-order valence-electron chi connectivity index (χ2n) is 6.30. The summed E-state index contributed by atoms with van der Waals surface area (Å²) < 4.78 is 19.4. The van der Waals surface area contributed by atoms with Gasteiger partial charge in [-0.05, 0) is 24.3 Å². The Bertz CT molecular complexity index is 1030. The first-order valence-corrected chi connectivity index (χ1v) is 8.45. The summed E-state index contributed by atoms with van der Waals surface area (Å²) in [5.74, 6) is -0.859. The second kappa shape index (κ2) is 6.71. The van der Waals surface area contributed by atoms with Crippen molar-refractivity contribution in [2.45, 2.75) is 6.42 Å². The Morgan fingerprint density at radius 3 is 2.93 bits per heavy atom. The quantitative estimate of drug-likeness (QED) is 0.741. The number of benzene rings is 2. The number of halogens is 1. The van der Waals surface area contributed by atoms with Gasteiger partial charge in [0, 0.05) is 13.0 Å². The molecule has 138 valence electrons. The normalized spacial score (nSPS) is 16.7. The number of amides is 2. The van der Waals surface area contributed by atoms with E-state index in [4.69, 9.17) is 4.74 Å². The molecule has 0 aliphatic carbocycles. The fourth-order valence-corrected chi connectivity index (χ4v) is 3.28. The lowest BCUT2D eigenvalue weighted by molar-refractivity contribution is -0.122. The van der Waals surface area contributed by atoms with Crippen LogP contribution >= 0.6 is 0 Å². The second-order valence-corrected chi connectivity index (χ2v) is 6.30. The Morgan fingerprint density at radius 1 is 1.30 bits per heavy atom. The van der Waals surface area contributed by atoms with Gasteiger partial charge >= 0.3 is 0 Å². The third kappa shape index (κ3) is 2.99. The van der Waals surface area contributed by atoms with Crippen molar-refractivity contribution in [3.63, 3.8) is 0 Å². The Morgan fingerprint density at radius 2 is 2.11 bits per heavy atom. The molecule has 4 rings (SSSR count). The van der Waals surface area contributed by atoms with Gasteiger partial charge in [-0.1, -0.05) is 18.2 Å². The summed E-state index contributed by atoms with van der Waals surface area (Å²) in [7, 11) is 1.52. The molecular weight excluding hydrogens is 351 g/mol. The molecule has 0 spiro atoms. The number of nitrogens with one attached hydrogen (secondary N) is 2. The van der Waals surface area contributed by atoms with E-state index in [9.17, 15) is 14.0 Å². The van der Waals surface area contributed by atoms with E-state index < -0.39 is 11.7 Å². The molecule has 0 bridgehead atoms. The highest BCUT2D eigenvalue weighted by atomic mass is 19.1. The molecule has 0 saturated carbocycles. The lowest BCUT2D eigenvalue weighted by Crippen LogP contribution is -2.28. The SMILES string of the molecule is COc1ccccc1NC(=O)[C@H]1CC(=O)N(c2n[nH]c3cccc(F)c23)C1. The number of carbonyl (C=O) groups excluding carboxylic acids is 2. The Hall–Kier alpha value is -3.42. The van der Waals surface area contributed by atoms with Gasteiger partial charge < -0.3 is 10.1 Å². The fourth-order valence-electron chi connectivity index (χ4n) is 3.28. The lowest BCUT2D eigenvalue weighted by Gasteiger charge is -2.15. The highest BCUT2D eigenvalue weighted by Crippen LogP contribution is 2.32. The van der Waals surface area contributed by atoms with Crippen LogP contribution in [0.25, 0.3) is 10.9 Å². The van der Waals surface area contributed by atoms with Crippen molar-refractivity contribution in [3.8, 4) is 5.75 Å². The molecule has 0 unspecified atom stereocenters. The number of rotatable bonds is 4. The monoisotopic (exact) mass is 368 g/mol. The topological polar surface area (TPSA) is 87.3 Å². The van der Waals surface area contributed by atoms with Gasteiger partial charge in [-0.3, -0.25) is 19.6 Å². The minimum atomic E-state index is -0.569. The van der Waals surface area contributed by atoms with Crippen LogP contribution < -0.4 is 15.0 Å². The first-order valence-electron chi connectivity index (χ1n) is 8.45. The summed E-state index contributed by atoms with van der Waals surface area (Å²) in [5, 5.41) is 9.85. The first kappa shape index (κ1) is 17.0. The van der Waals surface area contributed by atoms with Gasteiger partial charge in [0.1, 0.15) is 11.6 Å². The maximum Gasteiger partial charge on any atom is 0.229 e. The third-order valence-corrected chi connectivity index (χ3v) is 4.64. The summed E-state index contributed by atoms with van der Waals surface area (Å²) in [6.45, 7) is 0.133. The highest BCUT2D eigenvalue weighted by Gasteiger charge is 2.37. The van der Waals surface area contributed by atoms with Crippen LogP contribution in [0.5, 0.6) is 5.75 Å². The van der Waals surface area contributed by atoms with Crippen LogP contribution in [0, 0.1) is 11.7 Å². The predicted octanol–water partition coefficient (Wildman–Crippen LogP) is 2.70. The van der Waals surface area contributed by atoms with Crippen molar-refractivity contribution >= 4 is 34.2 Å². The molecule has 0 radical (unpaired) electrons. The molecule has 2 amide bonds. The summed E-state index contributed by atoms with van der Waals surface area (Å²) >= 11 is 0. The van der Waals surface area contributed by atoms with Gasteiger partial charge in [0.05, 0.1) is 29.6 Å². The number of para-hydroxylation sites is 2. The molecule has 2 aromatic carbocycles. The summed E-state index contributed by atoms with van der Waals surface area (Å²) in [5.41, 5.74) is 1.03.